The van der Waals surface area contributed by atoms with Gasteiger partial charge in [-0.25, -0.2) is 0 Å². The van der Waals surface area contributed by atoms with E-state index in [-0.39, 0.29) is 18.4 Å². The number of aromatic nitrogens is 1. The molecule has 0 saturated carbocycles. The molecule has 0 bridgehead atoms. The molecule has 0 aliphatic carbocycles. The molecule has 6 nitrogen and oxygen atoms in total. The van der Waals surface area contributed by atoms with Crippen LogP contribution >= 0.6 is 11.3 Å². The maximum absolute atomic E-state index is 12.3. The van der Waals surface area contributed by atoms with Crippen LogP contribution in [0.1, 0.15) is 23.5 Å². The number of fused-ring (bicyclic) bond motifs is 1. The minimum atomic E-state index is -0.683. The van der Waals surface area contributed by atoms with Crippen molar-refractivity contribution >= 4 is 38.9 Å². The van der Waals surface area contributed by atoms with E-state index in [9.17, 15) is 9.59 Å². The third kappa shape index (κ3) is 2.97. The first kappa shape index (κ1) is 15.2. The van der Waals surface area contributed by atoms with Gasteiger partial charge >= 0.3 is 0 Å². The van der Waals surface area contributed by atoms with Gasteiger partial charge < -0.3 is 16.4 Å². The molecule has 0 saturated heterocycles. The molecule has 2 amide bonds. The molecule has 7 heteroatoms. The minimum Gasteiger partial charge on any atom is -0.397 e. The zero-order chi connectivity index (χ0) is 15.6. The molecule has 2 aromatic heterocycles. The summed E-state index contributed by atoms with van der Waals surface area (Å²) in [5.41, 5.74) is 5.78. The Kier molecular flexibility index (Phi) is 4.13. The first-order chi connectivity index (χ1) is 9.86. The standard InChI is InChI=1S/C14H18N4O2S/c1-14(2,13(20)16-3)7-18-12(19)11-10(15)8-4-5-17-6-9(8)21-11/h4-6H,7,15H2,1-3H3,(H,16,20)(H,18,19). The molecule has 0 aromatic carbocycles. The molecule has 0 spiro atoms. The first-order valence-electron chi connectivity index (χ1n) is 6.49. The zero-order valence-corrected chi connectivity index (χ0v) is 13.0. The maximum atomic E-state index is 12.3. The van der Waals surface area contributed by atoms with Crippen molar-refractivity contribution in [2.24, 2.45) is 5.41 Å². The quantitative estimate of drug-likeness (QED) is 0.795. The summed E-state index contributed by atoms with van der Waals surface area (Å²) in [6, 6.07) is 1.78. The monoisotopic (exact) mass is 306 g/mol. The van der Waals surface area contributed by atoms with E-state index < -0.39 is 5.41 Å². The van der Waals surface area contributed by atoms with E-state index in [1.165, 1.54) is 11.3 Å². The van der Waals surface area contributed by atoms with E-state index in [0.717, 1.165) is 10.1 Å². The highest BCUT2D eigenvalue weighted by molar-refractivity contribution is 7.21. The van der Waals surface area contributed by atoms with Gasteiger partial charge in [0, 0.05) is 31.4 Å². The fraction of sp³-hybridized carbons (Fsp3) is 0.357. The lowest BCUT2D eigenvalue weighted by atomic mass is 9.92. The number of nitrogen functional groups attached to an aromatic ring is 1. The third-order valence-corrected chi connectivity index (χ3v) is 4.42. The average Bonchev–Trinajstić information content (AvgIpc) is 2.81. The van der Waals surface area contributed by atoms with Crippen LogP contribution in [0.4, 0.5) is 5.69 Å². The highest BCUT2D eigenvalue weighted by Crippen LogP contribution is 2.32. The van der Waals surface area contributed by atoms with Gasteiger partial charge in [0.25, 0.3) is 5.91 Å². The number of pyridine rings is 1. The zero-order valence-electron chi connectivity index (χ0n) is 12.2. The predicted octanol–water partition coefficient (Wildman–Crippen LogP) is 1.38. The molecule has 2 aromatic rings. The molecular formula is C14H18N4O2S. The molecule has 0 fully saturated rings. The highest BCUT2D eigenvalue weighted by atomic mass is 32.1. The summed E-state index contributed by atoms with van der Waals surface area (Å²) in [7, 11) is 1.57. The van der Waals surface area contributed by atoms with Crippen LogP contribution in [0.25, 0.3) is 10.1 Å². The van der Waals surface area contributed by atoms with Crippen molar-refractivity contribution in [3.63, 3.8) is 0 Å². The number of nitrogens with two attached hydrogens (primary N) is 1. The summed E-state index contributed by atoms with van der Waals surface area (Å²) in [5.74, 6) is -0.401. The Bertz CT molecular complexity index is 693. The van der Waals surface area contributed by atoms with Gasteiger partial charge in [0.2, 0.25) is 5.91 Å². The minimum absolute atomic E-state index is 0.128. The van der Waals surface area contributed by atoms with E-state index in [1.54, 1.807) is 39.4 Å². The number of hydrogen-bond donors (Lipinski definition) is 3. The number of rotatable bonds is 4. The average molecular weight is 306 g/mol. The van der Waals surface area contributed by atoms with Gasteiger partial charge in [0.15, 0.2) is 0 Å². The van der Waals surface area contributed by atoms with Gasteiger partial charge in [-0.2, -0.15) is 0 Å². The Morgan fingerprint density at radius 2 is 2.14 bits per heavy atom. The van der Waals surface area contributed by atoms with Gasteiger partial charge in [0.05, 0.1) is 15.8 Å². The molecule has 21 heavy (non-hydrogen) atoms. The van der Waals surface area contributed by atoms with Crippen LogP contribution < -0.4 is 16.4 Å². The molecular weight excluding hydrogens is 288 g/mol. The number of nitrogens with one attached hydrogen (secondary N) is 2. The van der Waals surface area contributed by atoms with Crippen molar-refractivity contribution in [2.45, 2.75) is 13.8 Å². The Balaban J connectivity index is 2.16. The molecule has 0 unspecified atom stereocenters. The molecule has 4 N–H and O–H groups in total. The van der Waals surface area contributed by atoms with E-state index >= 15 is 0 Å². The summed E-state index contributed by atoms with van der Waals surface area (Å²) < 4.78 is 0.866. The Morgan fingerprint density at radius 3 is 2.76 bits per heavy atom. The van der Waals surface area contributed by atoms with Gasteiger partial charge in [-0.3, -0.25) is 14.6 Å². The van der Waals surface area contributed by atoms with Crippen LogP contribution in [0.3, 0.4) is 0 Å². The lowest BCUT2D eigenvalue weighted by Crippen LogP contribution is -2.43. The first-order valence-corrected chi connectivity index (χ1v) is 7.31. The number of carbonyl (C=O) groups is 2. The molecule has 0 aliphatic rings. The van der Waals surface area contributed by atoms with Crippen molar-refractivity contribution in [3.05, 3.63) is 23.3 Å². The van der Waals surface area contributed by atoms with Crippen molar-refractivity contribution in [2.75, 3.05) is 19.3 Å². The van der Waals surface area contributed by atoms with Gasteiger partial charge in [-0.15, -0.1) is 11.3 Å². The van der Waals surface area contributed by atoms with E-state index in [4.69, 9.17) is 5.73 Å². The lowest BCUT2D eigenvalue weighted by molar-refractivity contribution is -0.128. The predicted molar refractivity (Wildman–Crippen MR) is 84.2 cm³/mol. The van der Waals surface area contributed by atoms with E-state index in [1.807, 2.05) is 0 Å². The second-order valence-electron chi connectivity index (χ2n) is 5.36. The Morgan fingerprint density at radius 1 is 1.43 bits per heavy atom. The van der Waals surface area contributed by atoms with Crippen LogP contribution in [0.15, 0.2) is 18.5 Å². The van der Waals surface area contributed by atoms with Gasteiger partial charge in [-0.1, -0.05) is 0 Å². The SMILES string of the molecule is CNC(=O)C(C)(C)CNC(=O)c1sc2cnccc2c1N. The van der Waals surface area contributed by atoms with Crippen molar-refractivity contribution < 1.29 is 9.59 Å². The van der Waals surface area contributed by atoms with Crippen molar-refractivity contribution in [1.82, 2.24) is 15.6 Å². The molecule has 2 rings (SSSR count). The second-order valence-corrected chi connectivity index (χ2v) is 6.41. The fourth-order valence-corrected chi connectivity index (χ4v) is 2.95. The van der Waals surface area contributed by atoms with Gasteiger partial charge in [-0.05, 0) is 19.9 Å². The number of nitrogens with zero attached hydrogens (tertiary/aromatic N) is 1. The fourth-order valence-electron chi connectivity index (χ4n) is 1.94. The van der Waals surface area contributed by atoms with Crippen LogP contribution in [0.5, 0.6) is 0 Å². The molecule has 0 aliphatic heterocycles. The summed E-state index contributed by atoms with van der Waals surface area (Å²) in [4.78, 5) is 28.4. The smallest absolute Gasteiger partial charge is 0.263 e. The Hall–Kier alpha value is -2.15. The highest BCUT2D eigenvalue weighted by Gasteiger charge is 2.28. The van der Waals surface area contributed by atoms with Crippen molar-refractivity contribution in [1.29, 1.82) is 0 Å². The number of anilines is 1. The number of thiophene rings is 1. The maximum Gasteiger partial charge on any atom is 0.263 e. The van der Waals surface area contributed by atoms with Crippen LogP contribution in [-0.2, 0) is 4.79 Å². The lowest BCUT2D eigenvalue weighted by Gasteiger charge is -2.22. The van der Waals surface area contributed by atoms with E-state index in [2.05, 4.69) is 15.6 Å². The molecule has 2 heterocycles. The largest absolute Gasteiger partial charge is 0.397 e. The number of amides is 2. The van der Waals surface area contributed by atoms with Crippen LogP contribution in [-0.4, -0.2) is 30.4 Å². The summed E-state index contributed by atoms with van der Waals surface area (Å²) >= 11 is 1.30. The van der Waals surface area contributed by atoms with Crippen molar-refractivity contribution in [3.8, 4) is 0 Å². The van der Waals surface area contributed by atoms with Gasteiger partial charge in [0.1, 0.15) is 4.88 Å². The number of carbonyl (C=O) groups excluding carboxylic acids is 2. The van der Waals surface area contributed by atoms with Crippen LogP contribution in [0, 0.1) is 5.41 Å². The molecule has 112 valence electrons. The Labute approximate surface area is 126 Å². The second kappa shape index (κ2) is 5.69. The molecule has 0 radical (unpaired) electrons. The summed E-state index contributed by atoms with van der Waals surface area (Å²) in [6.07, 6.45) is 3.32. The topological polar surface area (TPSA) is 97.1 Å². The third-order valence-electron chi connectivity index (χ3n) is 3.27. The molecule has 0 atom stereocenters. The normalized spacial score (nSPS) is 11.4. The van der Waals surface area contributed by atoms with Crippen LogP contribution in [0.2, 0.25) is 0 Å². The summed E-state index contributed by atoms with van der Waals surface area (Å²) in [5, 5.41) is 6.17. The van der Waals surface area contributed by atoms with E-state index in [0.29, 0.717) is 10.6 Å². The summed E-state index contributed by atoms with van der Waals surface area (Å²) in [6.45, 7) is 3.77. The number of hydrogen-bond acceptors (Lipinski definition) is 5.